The maximum absolute atomic E-state index is 3.68. The minimum atomic E-state index is 0.600. The van der Waals surface area contributed by atoms with E-state index in [1.165, 1.54) is 16.8 Å². The Morgan fingerprint density at radius 3 is 2.64 bits per heavy atom. The predicted molar refractivity (Wildman–Crippen MR) is 64.0 cm³/mol. The lowest BCUT2D eigenvalue weighted by Crippen LogP contribution is -1.99. The number of benzene rings is 1. The molecule has 0 amide bonds. The molecule has 1 aromatic carbocycles. The normalized spacial score (nSPS) is 10.3. The molecule has 0 saturated heterocycles. The average molecular weight is 189 g/mol. The fourth-order valence-electron chi connectivity index (χ4n) is 1.62. The number of aryl methyl sites for hydroxylation is 1. The van der Waals surface area contributed by atoms with Crippen molar-refractivity contribution in [3.8, 4) is 0 Å². The molecule has 0 aromatic heterocycles. The van der Waals surface area contributed by atoms with Crippen LogP contribution in [0.4, 0.5) is 5.69 Å². The third-order valence-corrected chi connectivity index (χ3v) is 2.34. The summed E-state index contributed by atoms with van der Waals surface area (Å²) in [4.78, 5) is 0. The van der Waals surface area contributed by atoms with Gasteiger partial charge in [0.1, 0.15) is 0 Å². The van der Waals surface area contributed by atoms with E-state index < -0.39 is 0 Å². The Labute approximate surface area is 86.8 Å². The molecule has 1 nitrogen and oxygen atoms in total. The smallest absolute Gasteiger partial charge is 0.0345 e. The second-order valence-electron chi connectivity index (χ2n) is 3.90. The lowest BCUT2D eigenvalue weighted by molar-refractivity contribution is 0.857. The number of hydrogen-bond donors (Lipinski definition) is 1. The van der Waals surface area contributed by atoms with Crippen molar-refractivity contribution in [2.24, 2.45) is 0 Å². The van der Waals surface area contributed by atoms with Crippen molar-refractivity contribution in [2.75, 3.05) is 11.9 Å². The van der Waals surface area contributed by atoms with E-state index in [4.69, 9.17) is 0 Å². The average Bonchev–Trinajstić information content (AvgIpc) is 2.14. The molecule has 0 heterocycles. The molecule has 0 fully saturated rings. The Bertz CT molecular complexity index is 313. The summed E-state index contributed by atoms with van der Waals surface area (Å²) in [7, 11) is 0. The van der Waals surface area contributed by atoms with Crippen LogP contribution >= 0.6 is 0 Å². The molecule has 0 bridgehead atoms. The molecule has 0 aliphatic rings. The minimum Gasteiger partial charge on any atom is -0.382 e. The van der Waals surface area contributed by atoms with Crippen molar-refractivity contribution >= 4 is 5.69 Å². The van der Waals surface area contributed by atoms with E-state index in [0.717, 1.165) is 6.54 Å². The minimum absolute atomic E-state index is 0.600. The predicted octanol–water partition coefficient (Wildman–Crippen LogP) is 3.72. The molecule has 0 unspecified atom stereocenters. The lowest BCUT2D eigenvalue weighted by atomic mass is 9.98. The van der Waals surface area contributed by atoms with Crippen molar-refractivity contribution in [1.82, 2.24) is 0 Å². The van der Waals surface area contributed by atoms with Crippen molar-refractivity contribution in [3.05, 3.63) is 42.0 Å². The number of rotatable bonds is 4. The van der Waals surface area contributed by atoms with E-state index in [1.54, 1.807) is 0 Å². The largest absolute Gasteiger partial charge is 0.382 e. The number of hydrogen-bond acceptors (Lipinski definition) is 1. The van der Waals surface area contributed by atoms with Crippen LogP contribution in [0.15, 0.2) is 30.9 Å². The van der Waals surface area contributed by atoms with Crippen LogP contribution in [0.2, 0.25) is 0 Å². The molecule has 1 N–H and O–H groups in total. The summed E-state index contributed by atoms with van der Waals surface area (Å²) < 4.78 is 0. The van der Waals surface area contributed by atoms with Gasteiger partial charge in [0, 0.05) is 12.2 Å². The van der Waals surface area contributed by atoms with Gasteiger partial charge in [-0.25, -0.2) is 0 Å². The van der Waals surface area contributed by atoms with Crippen LogP contribution in [0.25, 0.3) is 0 Å². The van der Waals surface area contributed by atoms with E-state index >= 15 is 0 Å². The third-order valence-electron chi connectivity index (χ3n) is 2.34. The first-order valence-electron chi connectivity index (χ1n) is 5.10. The van der Waals surface area contributed by atoms with Crippen LogP contribution in [-0.4, -0.2) is 6.54 Å². The number of anilines is 1. The molecule has 0 atom stereocenters. The molecule has 14 heavy (non-hydrogen) atoms. The molecule has 1 aromatic rings. The van der Waals surface area contributed by atoms with Crippen molar-refractivity contribution in [2.45, 2.75) is 26.7 Å². The molecule has 0 aliphatic carbocycles. The lowest BCUT2D eigenvalue weighted by Gasteiger charge is -2.11. The third kappa shape index (κ3) is 2.63. The van der Waals surface area contributed by atoms with Crippen LogP contribution in [0.1, 0.15) is 30.9 Å². The van der Waals surface area contributed by atoms with E-state index in [0.29, 0.717) is 5.92 Å². The van der Waals surface area contributed by atoms with Gasteiger partial charge in [-0.2, -0.15) is 0 Å². The van der Waals surface area contributed by atoms with Gasteiger partial charge < -0.3 is 5.32 Å². The fourth-order valence-corrected chi connectivity index (χ4v) is 1.62. The van der Waals surface area contributed by atoms with Gasteiger partial charge in [0.15, 0.2) is 0 Å². The molecule has 1 heteroatoms. The molecule has 0 aliphatic heterocycles. The summed E-state index contributed by atoms with van der Waals surface area (Å²) in [6.45, 7) is 11.1. The van der Waals surface area contributed by atoms with Crippen LogP contribution in [-0.2, 0) is 0 Å². The van der Waals surface area contributed by atoms with Crippen molar-refractivity contribution in [3.63, 3.8) is 0 Å². The summed E-state index contributed by atoms with van der Waals surface area (Å²) >= 11 is 0. The summed E-state index contributed by atoms with van der Waals surface area (Å²) in [5.74, 6) is 0.600. The van der Waals surface area contributed by atoms with Gasteiger partial charge in [-0.05, 0) is 36.1 Å². The van der Waals surface area contributed by atoms with E-state index in [1.807, 2.05) is 6.08 Å². The summed E-state index contributed by atoms with van der Waals surface area (Å²) in [5.41, 5.74) is 3.95. The molecule has 0 radical (unpaired) electrons. The molecular weight excluding hydrogens is 170 g/mol. The second-order valence-corrected chi connectivity index (χ2v) is 3.90. The SMILES string of the molecule is C=CCNc1ccc(C(C)C)c(C)c1. The molecule has 1 rings (SSSR count). The summed E-state index contributed by atoms with van der Waals surface area (Å²) in [5, 5.41) is 3.28. The van der Waals surface area contributed by atoms with Gasteiger partial charge in [0.25, 0.3) is 0 Å². The first kappa shape index (κ1) is 10.8. The van der Waals surface area contributed by atoms with E-state index in [-0.39, 0.29) is 0 Å². The topological polar surface area (TPSA) is 12.0 Å². The Morgan fingerprint density at radius 2 is 2.14 bits per heavy atom. The monoisotopic (exact) mass is 189 g/mol. The Morgan fingerprint density at radius 1 is 1.43 bits per heavy atom. The second kappa shape index (κ2) is 4.85. The van der Waals surface area contributed by atoms with Crippen molar-refractivity contribution in [1.29, 1.82) is 0 Å². The van der Waals surface area contributed by atoms with E-state index in [9.17, 15) is 0 Å². The maximum Gasteiger partial charge on any atom is 0.0345 e. The van der Waals surface area contributed by atoms with Crippen LogP contribution < -0.4 is 5.32 Å². The first-order valence-corrected chi connectivity index (χ1v) is 5.10. The molecule has 0 saturated carbocycles. The van der Waals surface area contributed by atoms with E-state index in [2.05, 4.69) is 50.9 Å². The van der Waals surface area contributed by atoms with Gasteiger partial charge in [0.05, 0.1) is 0 Å². The van der Waals surface area contributed by atoms with Crippen LogP contribution in [0.3, 0.4) is 0 Å². The Kier molecular flexibility index (Phi) is 3.75. The highest BCUT2D eigenvalue weighted by molar-refractivity contribution is 5.49. The fraction of sp³-hybridized carbons (Fsp3) is 0.385. The zero-order valence-corrected chi connectivity index (χ0v) is 9.30. The summed E-state index contributed by atoms with van der Waals surface area (Å²) in [6, 6.07) is 6.52. The van der Waals surface area contributed by atoms with Gasteiger partial charge in [-0.3, -0.25) is 0 Å². The Balaban J connectivity index is 2.83. The summed E-state index contributed by atoms with van der Waals surface area (Å²) in [6.07, 6.45) is 1.87. The Hall–Kier alpha value is -1.24. The first-order chi connectivity index (χ1) is 6.65. The quantitative estimate of drug-likeness (QED) is 0.712. The standard InChI is InChI=1S/C13H19N/c1-5-8-14-12-6-7-13(10(2)3)11(4)9-12/h5-7,9-10,14H,1,8H2,2-4H3. The highest BCUT2D eigenvalue weighted by Crippen LogP contribution is 2.21. The van der Waals surface area contributed by atoms with Gasteiger partial charge in [0.2, 0.25) is 0 Å². The van der Waals surface area contributed by atoms with Gasteiger partial charge in [-0.1, -0.05) is 26.0 Å². The zero-order valence-electron chi connectivity index (χ0n) is 9.30. The molecule has 76 valence electrons. The maximum atomic E-state index is 3.68. The zero-order chi connectivity index (χ0) is 10.6. The van der Waals surface area contributed by atoms with Crippen molar-refractivity contribution < 1.29 is 0 Å². The highest BCUT2D eigenvalue weighted by atomic mass is 14.8. The van der Waals surface area contributed by atoms with Crippen LogP contribution in [0, 0.1) is 6.92 Å². The van der Waals surface area contributed by atoms with Crippen LogP contribution in [0.5, 0.6) is 0 Å². The van der Waals surface area contributed by atoms with Gasteiger partial charge in [-0.15, -0.1) is 6.58 Å². The highest BCUT2D eigenvalue weighted by Gasteiger charge is 2.03. The number of nitrogens with one attached hydrogen (secondary N) is 1. The molecule has 0 spiro atoms. The van der Waals surface area contributed by atoms with Gasteiger partial charge >= 0.3 is 0 Å². The molecular formula is C13H19N.